The predicted molar refractivity (Wildman–Crippen MR) is 81.9 cm³/mol. The summed E-state index contributed by atoms with van der Waals surface area (Å²) in [6, 6.07) is 4.22. The van der Waals surface area contributed by atoms with Gasteiger partial charge in [0.1, 0.15) is 10.7 Å². The fourth-order valence-corrected chi connectivity index (χ4v) is 2.52. The van der Waals surface area contributed by atoms with E-state index in [0.717, 1.165) is 0 Å². The summed E-state index contributed by atoms with van der Waals surface area (Å²) in [6.07, 6.45) is 0. The number of carbonyl (C=O) groups excluding carboxylic acids is 1. The lowest BCUT2D eigenvalue weighted by atomic mass is 10.1. The average molecular weight is 322 g/mol. The van der Waals surface area contributed by atoms with Gasteiger partial charge in [0.2, 0.25) is 0 Å². The Morgan fingerprint density at radius 3 is 2.86 bits per heavy atom. The van der Waals surface area contributed by atoms with Crippen LogP contribution in [0.3, 0.4) is 0 Å². The maximum absolute atomic E-state index is 11.5. The van der Waals surface area contributed by atoms with Crippen LogP contribution in [0.5, 0.6) is 0 Å². The fraction of sp³-hybridized carbons (Fsp3) is 0.231. The zero-order valence-electron chi connectivity index (χ0n) is 11.7. The standard InChI is InChI=1S/C13H14N4O4S/c1-14-13(19)8-2-3-10(11(4-8)17(20)21)15-5-12-16-9(6-18)7-22-12/h2-4,7,15,18H,5-6H2,1H3,(H,14,19). The van der Waals surface area contributed by atoms with Crippen LogP contribution in [0.15, 0.2) is 23.6 Å². The van der Waals surface area contributed by atoms with Crippen LogP contribution in [0.1, 0.15) is 21.1 Å². The highest BCUT2D eigenvalue weighted by atomic mass is 32.1. The summed E-state index contributed by atoms with van der Waals surface area (Å²) in [6.45, 7) is 0.155. The first-order valence-electron chi connectivity index (χ1n) is 6.33. The van der Waals surface area contributed by atoms with Crippen LogP contribution in [0, 0.1) is 10.1 Å². The molecule has 3 N–H and O–H groups in total. The van der Waals surface area contributed by atoms with Gasteiger partial charge in [0.25, 0.3) is 11.6 Å². The third-order valence-corrected chi connectivity index (χ3v) is 3.77. The molecular formula is C13H14N4O4S. The van der Waals surface area contributed by atoms with Crippen molar-refractivity contribution in [3.8, 4) is 0 Å². The van der Waals surface area contributed by atoms with E-state index in [-0.39, 0.29) is 23.8 Å². The molecule has 0 saturated heterocycles. The zero-order chi connectivity index (χ0) is 16.1. The molecule has 2 rings (SSSR count). The summed E-state index contributed by atoms with van der Waals surface area (Å²) in [7, 11) is 1.46. The molecule has 0 spiro atoms. The molecule has 1 aromatic carbocycles. The number of rotatable bonds is 6. The third kappa shape index (κ3) is 3.57. The van der Waals surface area contributed by atoms with Gasteiger partial charge in [0.05, 0.1) is 23.8 Å². The lowest BCUT2D eigenvalue weighted by Gasteiger charge is -2.07. The molecule has 0 unspecified atom stereocenters. The highest BCUT2D eigenvalue weighted by Crippen LogP contribution is 2.26. The predicted octanol–water partition coefficient (Wildman–Crippen LogP) is 1.52. The van der Waals surface area contributed by atoms with Crippen molar-refractivity contribution in [3.05, 3.63) is 50.0 Å². The second-order valence-corrected chi connectivity index (χ2v) is 5.26. The summed E-state index contributed by atoms with van der Waals surface area (Å²) in [5.74, 6) is -0.387. The van der Waals surface area contributed by atoms with Gasteiger partial charge in [-0.15, -0.1) is 11.3 Å². The van der Waals surface area contributed by atoms with Crippen LogP contribution in [0.2, 0.25) is 0 Å². The van der Waals surface area contributed by atoms with E-state index in [2.05, 4.69) is 15.6 Å². The van der Waals surface area contributed by atoms with Crippen molar-refractivity contribution in [2.45, 2.75) is 13.2 Å². The minimum Gasteiger partial charge on any atom is -0.390 e. The highest BCUT2D eigenvalue weighted by Gasteiger charge is 2.17. The lowest BCUT2D eigenvalue weighted by molar-refractivity contribution is -0.384. The van der Waals surface area contributed by atoms with E-state index in [1.165, 1.54) is 36.6 Å². The molecule has 1 heterocycles. The van der Waals surface area contributed by atoms with E-state index < -0.39 is 4.92 Å². The summed E-state index contributed by atoms with van der Waals surface area (Å²) >= 11 is 1.35. The molecule has 0 aliphatic carbocycles. The number of nitrogens with zero attached hydrogens (tertiary/aromatic N) is 2. The van der Waals surface area contributed by atoms with Gasteiger partial charge in [-0.3, -0.25) is 14.9 Å². The smallest absolute Gasteiger partial charge is 0.293 e. The van der Waals surface area contributed by atoms with Gasteiger partial charge in [-0.05, 0) is 12.1 Å². The summed E-state index contributed by atoms with van der Waals surface area (Å²) in [4.78, 5) is 26.3. The Balaban J connectivity index is 2.19. The molecule has 1 amide bonds. The molecule has 2 aromatic rings. The van der Waals surface area contributed by atoms with E-state index in [9.17, 15) is 14.9 Å². The van der Waals surface area contributed by atoms with Crippen molar-refractivity contribution in [2.24, 2.45) is 0 Å². The maximum Gasteiger partial charge on any atom is 0.293 e. The number of aliphatic hydroxyl groups is 1. The molecule has 22 heavy (non-hydrogen) atoms. The fourth-order valence-electron chi connectivity index (χ4n) is 1.79. The number of benzene rings is 1. The molecule has 9 heteroatoms. The van der Waals surface area contributed by atoms with Gasteiger partial charge in [-0.25, -0.2) is 4.98 Å². The Morgan fingerprint density at radius 1 is 1.50 bits per heavy atom. The van der Waals surface area contributed by atoms with E-state index >= 15 is 0 Å². The number of hydrogen-bond donors (Lipinski definition) is 3. The van der Waals surface area contributed by atoms with E-state index in [0.29, 0.717) is 22.9 Å². The van der Waals surface area contributed by atoms with E-state index in [4.69, 9.17) is 5.11 Å². The Bertz CT molecular complexity index is 701. The van der Waals surface area contributed by atoms with Crippen LogP contribution in [-0.4, -0.2) is 28.0 Å². The van der Waals surface area contributed by atoms with Crippen molar-refractivity contribution < 1.29 is 14.8 Å². The number of anilines is 1. The molecule has 0 radical (unpaired) electrons. The number of aromatic nitrogens is 1. The molecule has 1 aromatic heterocycles. The van der Waals surface area contributed by atoms with Crippen molar-refractivity contribution in [2.75, 3.05) is 12.4 Å². The van der Waals surface area contributed by atoms with Gasteiger partial charge >= 0.3 is 0 Å². The van der Waals surface area contributed by atoms with Crippen LogP contribution < -0.4 is 10.6 Å². The molecule has 8 nitrogen and oxygen atoms in total. The summed E-state index contributed by atoms with van der Waals surface area (Å²) in [5, 5.41) is 27.9. The molecule has 116 valence electrons. The second kappa shape index (κ2) is 6.96. The third-order valence-electron chi connectivity index (χ3n) is 2.88. The molecule has 0 bridgehead atoms. The summed E-state index contributed by atoms with van der Waals surface area (Å²) in [5.41, 5.74) is 0.904. The second-order valence-electron chi connectivity index (χ2n) is 4.31. The van der Waals surface area contributed by atoms with Crippen LogP contribution in [-0.2, 0) is 13.2 Å². The minimum absolute atomic E-state index is 0.141. The van der Waals surface area contributed by atoms with Gasteiger partial charge in [0, 0.05) is 24.1 Å². The average Bonchev–Trinajstić information content (AvgIpc) is 3.00. The van der Waals surface area contributed by atoms with Gasteiger partial charge in [-0.1, -0.05) is 0 Å². The zero-order valence-corrected chi connectivity index (χ0v) is 12.5. The SMILES string of the molecule is CNC(=O)c1ccc(NCc2nc(CO)cs2)c([N+](=O)[O-])c1. The normalized spacial score (nSPS) is 10.3. The summed E-state index contributed by atoms with van der Waals surface area (Å²) < 4.78 is 0. The Hall–Kier alpha value is -2.52. The maximum atomic E-state index is 11.5. The molecular weight excluding hydrogens is 308 g/mol. The number of carbonyl (C=O) groups is 1. The number of nitro groups is 1. The monoisotopic (exact) mass is 322 g/mol. The first-order valence-corrected chi connectivity index (χ1v) is 7.21. The quantitative estimate of drug-likeness (QED) is 0.548. The Labute approximate surface area is 130 Å². The molecule has 0 saturated carbocycles. The van der Waals surface area contributed by atoms with Gasteiger partial charge in [0.15, 0.2) is 0 Å². The van der Waals surface area contributed by atoms with Crippen molar-refractivity contribution in [1.29, 1.82) is 0 Å². The van der Waals surface area contributed by atoms with Gasteiger partial charge < -0.3 is 15.7 Å². The number of nitrogens with one attached hydrogen (secondary N) is 2. The highest BCUT2D eigenvalue weighted by molar-refractivity contribution is 7.09. The van der Waals surface area contributed by atoms with Crippen molar-refractivity contribution in [1.82, 2.24) is 10.3 Å². The van der Waals surface area contributed by atoms with Crippen LogP contribution >= 0.6 is 11.3 Å². The van der Waals surface area contributed by atoms with Crippen LogP contribution in [0.4, 0.5) is 11.4 Å². The first-order chi connectivity index (χ1) is 10.5. The number of aliphatic hydroxyl groups excluding tert-OH is 1. The molecule has 0 aliphatic heterocycles. The van der Waals surface area contributed by atoms with Crippen molar-refractivity contribution in [3.63, 3.8) is 0 Å². The first kappa shape index (κ1) is 15.9. The van der Waals surface area contributed by atoms with Crippen molar-refractivity contribution >= 4 is 28.6 Å². The Kier molecular flexibility index (Phi) is 5.02. The topological polar surface area (TPSA) is 117 Å². The van der Waals surface area contributed by atoms with Crippen LogP contribution in [0.25, 0.3) is 0 Å². The number of nitro benzene ring substituents is 1. The Morgan fingerprint density at radius 2 is 2.27 bits per heavy atom. The molecule has 0 fully saturated rings. The van der Waals surface area contributed by atoms with E-state index in [1.807, 2.05) is 0 Å². The lowest BCUT2D eigenvalue weighted by Crippen LogP contribution is -2.18. The number of hydrogen-bond acceptors (Lipinski definition) is 7. The van der Waals surface area contributed by atoms with E-state index in [1.54, 1.807) is 5.38 Å². The molecule has 0 aliphatic rings. The number of amides is 1. The van der Waals surface area contributed by atoms with Gasteiger partial charge in [-0.2, -0.15) is 0 Å². The molecule has 0 atom stereocenters. The number of thiazole rings is 1. The largest absolute Gasteiger partial charge is 0.390 e. The minimum atomic E-state index is -0.546.